The van der Waals surface area contributed by atoms with Crippen LogP contribution in [0.2, 0.25) is 0 Å². The number of benzene rings is 1. The van der Waals surface area contributed by atoms with E-state index in [0.29, 0.717) is 10.9 Å². The third-order valence-corrected chi connectivity index (χ3v) is 6.03. The number of hydrogen-bond acceptors (Lipinski definition) is 5. The Morgan fingerprint density at radius 3 is 2.24 bits per heavy atom. The van der Waals surface area contributed by atoms with Crippen molar-refractivity contribution < 1.29 is 4.79 Å². The minimum Gasteiger partial charge on any atom is -0.319 e. The number of carbonyl (C=O) groups is 1. The highest BCUT2D eigenvalue weighted by Crippen LogP contribution is 2.23. The number of amides is 1. The van der Waals surface area contributed by atoms with Gasteiger partial charge in [0, 0.05) is 18.4 Å². The maximum atomic E-state index is 13.0. The highest BCUT2D eigenvalue weighted by atomic mass is 32.2. The molecule has 152 valence electrons. The predicted octanol–water partition coefficient (Wildman–Crippen LogP) is 3.32. The number of aromatic nitrogens is 4. The van der Waals surface area contributed by atoms with Gasteiger partial charge in [-0.05, 0) is 52.3 Å². The van der Waals surface area contributed by atoms with Gasteiger partial charge < -0.3 is 5.32 Å². The van der Waals surface area contributed by atoms with Crippen LogP contribution in [0, 0.1) is 27.7 Å². The number of anilines is 1. The van der Waals surface area contributed by atoms with Crippen LogP contribution in [-0.2, 0) is 11.8 Å². The lowest BCUT2D eigenvalue weighted by molar-refractivity contribution is -0.115. The van der Waals surface area contributed by atoms with Crippen molar-refractivity contribution in [3.05, 3.63) is 63.3 Å². The van der Waals surface area contributed by atoms with Gasteiger partial charge in [-0.3, -0.25) is 14.3 Å². The van der Waals surface area contributed by atoms with E-state index in [1.807, 2.05) is 58.0 Å². The molecule has 0 aliphatic rings. The van der Waals surface area contributed by atoms with Crippen LogP contribution in [0.25, 0.3) is 5.69 Å². The van der Waals surface area contributed by atoms with E-state index in [-0.39, 0.29) is 17.2 Å². The van der Waals surface area contributed by atoms with Gasteiger partial charge in [0.15, 0.2) is 5.16 Å². The smallest absolute Gasteiger partial charge is 0.295 e. The second kappa shape index (κ2) is 8.24. The zero-order chi connectivity index (χ0) is 21.3. The molecule has 1 N–H and O–H groups in total. The summed E-state index contributed by atoms with van der Waals surface area (Å²) in [7, 11) is 1.79. The van der Waals surface area contributed by atoms with Gasteiger partial charge in [-0.2, -0.15) is 0 Å². The van der Waals surface area contributed by atoms with Gasteiger partial charge in [-0.25, -0.2) is 14.6 Å². The summed E-state index contributed by atoms with van der Waals surface area (Å²) in [6.07, 6.45) is 0. The Bertz CT molecular complexity index is 1100. The molecule has 0 spiro atoms. The predicted molar refractivity (Wildman–Crippen MR) is 116 cm³/mol. The van der Waals surface area contributed by atoms with Gasteiger partial charge in [0.1, 0.15) is 5.69 Å². The van der Waals surface area contributed by atoms with Crippen molar-refractivity contribution in [1.29, 1.82) is 0 Å². The molecule has 0 aliphatic heterocycles. The number of nitrogens with one attached hydrogen (secondary N) is 1. The fourth-order valence-corrected chi connectivity index (χ4v) is 3.80. The minimum absolute atomic E-state index is 0.263. The molecule has 1 atom stereocenters. The Morgan fingerprint density at radius 1 is 1.07 bits per heavy atom. The second-order valence-corrected chi connectivity index (χ2v) is 8.30. The number of aryl methyl sites for hydroxylation is 2. The first-order chi connectivity index (χ1) is 13.7. The van der Waals surface area contributed by atoms with Gasteiger partial charge in [0.2, 0.25) is 5.91 Å². The molecule has 1 amide bonds. The molecule has 0 aliphatic carbocycles. The quantitative estimate of drug-likeness (QED) is 0.514. The fraction of sp³-hybridized carbons (Fsp3) is 0.333. The Morgan fingerprint density at radius 2 is 1.66 bits per heavy atom. The van der Waals surface area contributed by atoms with E-state index < -0.39 is 5.25 Å². The summed E-state index contributed by atoms with van der Waals surface area (Å²) in [5, 5.41) is 2.90. The lowest BCUT2D eigenvalue weighted by Gasteiger charge is -2.12. The van der Waals surface area contributed by atoms with Crippen molar-refractivity contribution in [2.75, 3.05) is 5.32 Å². The average molecular weight is 412 g/mol. The molecule has 0 unspecified atom stereocenters. The first-order valence-corrected chi connectivity index (χ1v) is 10.2. The summed E-state index contributed by atoms with van der Waals surface area (Å²) in [6, 6.07) is 9.33. The molecular formula is C21H25N5O2S. The molecule has 0 saturated carbocycles. The number of hydrogen-bond donors (Lipinski definition) is 1. The van der Waals surface area contributed by atoms with Crippen molar-refractivity contribution in [3.63, 3.8) is 0 Å². The van der Waals surface area contributed by atoms with Crippen LogP contribution in [0.5, 0.6) is 0 Å². The summed E-state index contributed by atoms with van der Waals surface area (Å²) in [4.78, 5) is 34.6. The number of para-hydroxylation sites is 1. The summed E-state index contributed by atoms with van der Waals surface area (Å²) < 4.78 is 3.28. The standard InChI is InChI=1S/C21H25N5O2S/c1-12-13(2)22-21(23-14(12)3)29-16(5)19(27)24-18-15(4)25(6)26(20(18)28)17-10-8-7-9-11-17/h7-11,16H,1-6H3,(H,24,27)/t16-/m0/s1. The van der Waals surface area contributed by atoms with Gasteiger partial charge in [-0.1, -0.05) is 30.0 Å². The van der Waals surface area contributed by atoms with E-state index in [2.05, 4.69) is 15.3 Å². The Balaban J connectivity index is 1.83. The molecule has 29 heavy (non-hydrogen) atoms. The van der Waals surface area contributed by atoms with Gasteiger partial charge >= 0.3 is 0 Å². The van der Waals surface area contributed by atoms with Crippen LogP contribution >= 0.6 is 11.8 Å². The van der Waals surface area contributed by atoms with Crippen LogP contribution in [0.1, 0.15) is 29.6 Å². The molecule has 2 heterocycles. The van der Waals surface area contributed by atoms with E-state index in [0.717, 1.165) is 22.6 Å². The number of nitrogens with zero attached hydrogens (tertiary/aromatic N) is 4. The van der Waals surface area contributed by atoms with Crippen molar-refractivity contribution >= 4 is 23.4 Å². The van der Waals surface area contributed by atoms with Gasteiger partial charge in [-0.15, -0.1) is 0 Å². The van der Waals surface area contributed by atoms with E-state index in [9.17, 15) is 9.59 Å². The molecule has 0 fully saturated rings. The van der Waals surface area contributed by atoms with Crippen LogP contribution in [-0.4, -0.2) is 30.5 Å². The van der Waals surface area contributed by atoms with Crippen LogP contribution in [0.4, 0.5) is 5.69 Å². The van der Waals surface area contributed by atoms with Crippen LogP contribution < -0.4 is 10.9 Å². The summed E-state index contributed by atoms with van der Waals surface area (Å²) in [5.41, 5.74) is 4.29. The highest BCUT2D eigenvalue weighted by Gasteiger charge is 2.22. The zero-order valence-electron chi connectivity index (χ0n) is 17.5. The Labute approximate surface area is 174 Å². The zero-order valence-corrected chi connectivity index (χ0v) is 18.3. The molecule has 0 saturated heterocycles. The maximum Gasteiger partial charge on any atom is 0.295 e. The molecule has 0 radical (unpaired) electrons. The molecule has 0 bridgehead atoms. The van der Waals surface area contributed by atoms with Crippen molar-refractivity contribution in [2.24, 2.45) is 7.05 Å². The summed E-state index contributed by atoms with van der Waals surface area (Å²) in [6.45, 7) is 9.42. The summed E-state index contributed by atoms with van der Waals surface area (Å²) in [5.74, 6) is -0.263. The van der Waals surface area contributed by atoms with E-state index in [4.69, 9.17) is 0 Å². The topological polar surface area (TPSA) is 81.8 Å². The van der Waals surface area contributed by atoms with Crippen LogP contribution in [0.15, 0.2) is 40.3 Å². The molecular weight excluding hydrogens is 386 g/mol. The Hall–Kier alpha value is -2.87. The normalized spacial score (nSPS) is 12.1. The van der Waals surface area contributed by atoms with Gasteiger partial charge in [0.25, 0.3) is 5.56 Å². The minimum atomic E-state index is -0.458. The molecule has 1 aromatic carbocycles. The molecule has 8 heteroatoms. The monoisotopic (exact) mass is 411 g/mol. The molecule has 3 aromatic rings. The third kappa shape index (κ3) is 4.12. The first kappa shape index (κ1) is 20.9. The first-order valence-electron chi connectivity index (χ1n) is 9.34. The molecule has 3 rings (SSSR count). The fourth-order valence-electron chi connectivity index (χ4n) is 2.94. The number of thioether (sulfide) groups is 1. The van der Waals surface area contributed by atoms with Crippen molar-refractivity contribution in [2.45, 2.75) is 45.0 Å². The summed E-state index contributed by atoms with van der Waals surface area (Å²) >= 11 is 1.28. The third-order valence-electron chi connectivity index (χ3n) is 5.07. The number of rotatable bonds is 5. The maximum absolute atomic E-state index is 13.0. The van der Waals surface area contributed by atoms with Gasteiger partial charge in [0.05, 0.1) is 16.6 Å². The lowest BCUT2D eigenvalue weighted by Crippen LogP contribution is -2.27. The van der Waals surface area contributed by atoms with Crippen LogP contribution in [0.3, 0.4) is 0 Å². The molecule has 2 aromatic heterocycles. The molecule has 7 nitrogen and oxygen atoms in total. The van der Waals surface area contributed by atoms with Crippen molar-refractivity contribution in [1.82, 2.24) is 19.3 Å². The highest BCUT2D eigenvalue weighted by molar-refractivity contribution is 8.00. The average Bonchev–Trinajstić information content (AvgIpc) is 2.90. The van der Waals surface area contributed by atoms with E-state index in [1.165, 1.54) is 11.8 Å². The number of carbonyl (C=O) groups excluding carboxylic acids is 1. The largest absolute Gasteiger partial charge is 0.319 e. The second-order valence-electron chi connectivity index (χ2n) is 6.99. The van der Waals surface area contributed by atoms with E-state index in [1.54, 1.807) is 23.3 Å². The Kier molecular flexibility index (Phi) is 5.93. The van der Waals surface area contributed by atoms with Crippen molar-refractivity contribution in [3.8, 4) is 5.69 Å². The van der Waals surface area contributed by atoms with E-state index >= 15 is 0 Å². The SMILES string of the molecule is Cc1nc(S[C@@H](C)C(=O)Nc2c(C)n(C)n(-c3ccccc3)c2=O)nc(C)c1C. The lowest BCUT2D eigenvalue weighted by atomic mass is 10.2.